The first-order chi connectivity index (χ1) is 7.49. The fraction of sp³-hybridized carbons (Fsp3) is 0.667. The van der Waals surface area contributed by atoms with Gasteiger partial charge in [0.05, 0.1) is 11.5 Å². The number of aliphatic hydroxyl groups excluding tert-OH is 1. The van der Waals surface area contributed by atoms with Crippen LogP contribution in [0, 0.1) is 0 Å². The van der Waals surface area contributed by atoms with Gasteiger partial charge in [0, 0.05) is 6.54 Å². The van der Waals surface area contributed by atoms with E-state index in [1.807, 2.05) is 6.92 Å². The van der Waals surface area contributed by atoms with Crippen LogP contribution in [-0.2, 0) is 19.3 Å². The summed E-state index contributed by atoms with van der Waals surface area (Å²) in [4.78, 5) is 3.51. The number of aliphatic hydroxyl groups is 1. The molecule has 7 heteroatoms. The first-order valence-electron chi connectivity index (χ1n) is 4.86. The third-order valence-electron chi connectivity index (χ3n) is 1.86. The van der Waals surface area contributed by atoms with Crippen LogP contribution in [0.5, 0.6) is 0 Å². The molecule has 0 saturated heterocycles. The number of halogens is 3. The Morgan fingerprint density at radius 1 is 1.44 bits per heavy atom. The maximum Gasteiger partial charge on any atom is 0.434 e. The molecule has 92 valence electrons. The van der Waals surface area contributed by atoms with Gasteiger partial charge in [-0.1, -0.05) is 6.92 Å². The Labute approximate surface area is 95.3 Å². The van der Waals surface area contributed by atoms with Gasteiger partial charge in [0.2, 0.25) is 0 Å². The predicted molar refractivity (Wildman–Crippen MR) is 55.0 cm³/mol. The summed E-state index contributed by atoms with van der Waals surface area (Å²) in [5.41, 5.74) is -0.884. The summed E-state index contributed by atoms with van der Waals surface area (Å²) in [6.07, 6.45) is -3.60. The molecule has 2 N–H and O–H groups in total. The van der Waals surface area contributed by atoms with Crippen LogP contribution in [0.2, 0.25) is 0 Å². The van der Waals surface area contributed by atoms with Gasteiger partial charge in [-0.05, 0) is 13.0 Å². The quantitative estimate of drug-likeness (QED) is 0.791. The highest BCUT2D eigenvalue weighted by molar-refractivity contribution is 7.11. The Kier molecular flexibility index (Phi) is 4.69. The molecular weight excluding hydrogens is 241 g/mol. The first-order valence-corrected chi connectivity index (χ1v) is 5.68. The Morgan fingerprint density at radius 3 is 2.62 bits per heavy atom. The lowest BCUT2D eigenvalue weighted by atomic mass is 10.3. The van der Waals surface area contributed by atoms with Gasteiger partial charge in [-0.25, -0.2) is 4.98 Å². The molecule has 0 saturated carbocycles. The van der Waals surface area contributed by atoms with Crippen LogP contribution < -0.4 is 5.32 Å². The van der Waals surface area contributed by atoms with Crippen LogP contribution in [0.4, 0.5) is 13.2 Å². The summed E-state index contributed by atoms with van der Waals surface area (Å²) in [7, 11) is 0. The minimum atomic E-state index is -4.45. The fourth-order valence-electron chi connectivity index (χ4n) is 1.19. The molecule has 0 spiro atoms. The smallest absolute Gasteiger partial charge is 0.389 e. The second-order valence-electron chi connectivity index (χ2n) is 3.21. The normalized spacial score (nSPS) is 12.1. The van der Waals surface area contributed by atoms with E-state index in [0.717, 1.165) is 17.8 Å². The van der Waals surface area contributed by atoms with Crippen molar-refractivity contribution < 1.29 is 18.3 Å². The largest absolute Gasteiger partial charge is 0.434 e. The van der Waals surface area contributed by atoms with E-state index in [1.54, 1.807) is 0 Å². The Hall–Kier alpha value is -0.660. The third kappa shape index (κ3) is 3.43. The van der Waals surface area contributed by atoms with Crippen LogP contribution >= 0.6 is 11.3 Å². The second kappa shape index (κ2) is 5.60. The van der Waals surface area contributed by atoms with E-state index in [4.69, 9.17) is 5.11 Å². The second-order valence-corrected chi connectivity index (χ2v) is 4.38. The fourth-order valence-corrected chi connectivity index (χ4v) is 2.11. The van der Waals surface area contributed by atoms with E-state index in [1.165, 1.54) is 0 Å². The van der Waals surface area contributed by atoms with Gasteiger partial charge in [0.25, 0.3) is 0 Å². The highest BCUT2D eigenvalue weighted by atomic mass is 32.1. The summed E-state index contributed by atoms with van der Waals surface area (Å²) in [6, 6.07) is 0. The van der Waals surface area contributed by atoms with Gasteiger partial charge in [-0.3, -0.25) is 0 Å². The van der Waals surface area contributed by atoms with Crippen LogP contribution in [0.3, 0.4) is 0 Å². The van der Waals surface area contributed by atoms with Crippen molar-refractivity contribution in [3.05, 3.63) is 15.6 Å². The Balaban J connectivity index is 2.84. The van der Waals surface area contributed by atoms with Gasteiger partial charge in [0.15, 0.2) is 5.69 Å². The van der Waals surface area contributed by atoms with Gasteiger partial charge >= 0.3 is 6.18 Å². The summed E-state index contributed by atoms with van der Waals surface area (Å²) in [6.45, 7) is 2.27. The molecule has 0 atom stereocenters. The van der Waals surface area contributed by atoms with Crippen molar-refractivity contribution in [3.63, 3.8) is 0 Å². The molecule has 3 nitrogen and oxygen atoms in total. The van der Waals surface area contributed by atoms with Crippen molar-refractivity contribution in [2.45, 2.75) is 32.7 Å². The molecule has 16 heavy (non-hydrogen) atoms. The van der Waals surface area contributed by atoms with Crippen molar-refractivity contribution in [3.8, 4) is 0 Å². The standard InChI is InChI=1S/C9H13F3N2OS/c1-2-3-13-4-6-8(9(10,11)12)14-7(5-15)16-6/h13,15H,2-5H2,1H3. The van der Waals surface area contributed by atoms with Crippen LogP contribution in [-0.4, -0.2) is 16.6 Å². The predicted octanol–water partition coefficient (Wildman–Crippen LogP) is 2.15. The van der Waals surface area contributed by atoms with Crippen LogP contribution in [0.15, 0.2) is 0 Å². The van der Waals surface area contributed by atoms with Crippen LogP contribution in [0.25, 0.3) is 0 Å². The molecule has 0 fully saturated rings. The van der Waals surface area contributed by atoms with Crippen molar-refractivity contribution in [1.29, 1.82) is 0 Å². The van der Waals surface area contributed by atoms with Gasteiger partial charge in [0.1, 0.15) is 5.01 Å². The summed E-state index contributed by atoms with van der Waals surface area (Å²) >= 11 is 0.893. The number of rotatable bonds is 5. The van der Waals surface area contributed by atoms with E-state index >= 15 is 0 Å². The molecule has 1 heterocycles. The molecule has 0 bridgehead atoms. The molecule has 1 rings (SSSR count). The number of thiazole rings is 1. The SMILES string of the molecule is CCCNCc1sc(CO)nc1C(F)(F)F. The van der Waals surface area contributed by atoms with E-state index in [0.29, 0.717) is 6.54 Å². The highest BCUT2D eigenvalue weighted by Crippen LogP contribution is 2.34. The van der Waals surface area contributed by atoms with E-state index in [-0.39, 0.29) is 16.4 Å². The number of alkyl halides is 3. The van der Waals surface area contributed by atoms with E-state index in [2.05, 4.69) is 10.3 Å². The Morgan fingerprint density at radius 2 is 2.12 bits per heavy atom. The molecule has 0 aliphatic carbocycles. The first kappa shape index (κ1) is 13.4. The average molecular weight is 254 g/mol. The van der Waals surface area contributed by atoms with Crippen molar-refractivity contribution >= 4 is 11.3 Å². The van der Waals surface area contributed by atoms with Crippen molar-refractivity contribution in [1.82, 2.24) is 10.3 Å². The zero-order chi connectivity index (χ0) is 12.2. The highest BCUT2D eigenvalue weighted by Gasteiger charge is 2.37. The minimum absolute atomic E-state index is 0.0978. The molecule has 0 aliphatic rings. The molecule has 0 radical (unpaired) electrons. The van der Waals surface area contributed by atoms with Crippen molar-refractivity contribution in [2.24, 2.45) is 0 Å². The molecule has 0 unspecified atom stereocenters. The van der Waals surface area contributed by atoms with Crippen molar-refractivity contribution in [2.75, 3.05) is 6.54 Å². The summed E-state index contributed by atoms with van der Waals surface area (Å²) in [5.74, 6) is 0. The molecule has 1 aromatic heterocycles. The number of hydrogen-bond acceptors (Lipinski definition) is 4. The lowest BCUT2D eigenvalue weighted by Gasteiger charge is -2.06. The maximum absolute atomic E-state index is 12.5. The molecule has 1 aromatic rings. The number of nitrogens with zero attached hydrogens (tertiary/aromatic N) is 1. The van der Waals surface area contributed by atoms with E-state index in [9.17, 15) is 13.2 Å². The Bertz CT molecular complexity index is 338. The lowest BCUT2D eigenvalue weighted by molar-refractivity contribution is -0.141. The monoisotopic (exact) mass is 254 g/mol. The maximum atomic E-state index is 12.5. The summed E-state index contributed by atoms with van der Waals surface area (Å²) in [5, 5.41) is 11.8. The molecule has 0 amide bonds. The third-order valence-corrected chi connectivity index (χ3v) is 2.90. The zero-order valence-corrected chi connectivity index (χ0v) is 9.58. The lowest BCUT2D eigenvalue weighted by Crippen LogP contribution is -2.17. The topological polar surface area (TPSA) is 45.1 Å². The molecule has 0 aliphatic heterocycles. The number of aromatic nitrogens is 1. The van der Waals surface area contributed by atoms with Gasteiger partial charge in [-0.15, -0.1) is 11.3 Å². The summed E-state index contributed by atoms with van der Waals surface area (Å²) < 4.78 is 37.6. The van der Waals surface area contributed by atoms with Gasteiger partial charge < -0.3 is 10.4 Å². The van der Waals surface area contributed by atoms with Gasteiger partial charge in [-0.2, -0.15) is 13.2 Å². The molecule has 0 aromatic carbocycles. The minimum Gasteiger partial charge on any atom is -0.389 e. The van der Waals surface area contributed by atoms with Crippen LogP contribution in [0.1, 0.15) is 28.9 Å². The number of nitrogens with one attached hydrogen (secondary N) is 1. The van der Waals surface area contributed by atoms with E-state index < -0.39 is 18.5 Å². The molecular formula is C9H13F3N2OS. The number of hydrogen-bond donors (Lipinski definition) is 2. The zero-order valence-electron chi connectivity index (χ0n) is 8.76. The average Bonchev–Trinajstić information content (AvgIpc) is 2.61.